The van der Waals surface area contributed by atoms with E-state index < -0.39 is 0 Å². The van der Waals surface area contributed by atoms with Crippen molar-refractivity contribution in [2.45, 2.75) is 27.8 Å². The molecule has 0 radical (unpaired) electrons. The van der Waals surface area contributed by atoms with Crippen molar-refractivity contribution in [3.05, 3.63) is 16.1 Å². The average molecular weight is 361 g/mol. The van der Waals surface area contributed by atoms with Crippen LogP contribution in [-0.2, 0) is 17.0 Å². The van der Waals surface area contributed by atoms with Crippen molar-refractivity contribution in [2.24, 2.45) is 0 Å². The molecule has 114 valence electrons. The quantitative estimate of drug-likeness (QED) is 0.707. The molecule has 1 amide bonds. The summed E-state index contributed by atoms with van der Waals surface area (Å²) in [5, 5.41) is 11.2. The van der Waals surface area contributed by atoms with Gasteiger partial charge in [0.15, 0.2) is 8.68 Å². The van der Waals surface area contributed by atoms with Crippen molar-refractivity contribution in [1.29, 1.82) is 0 Å². The lowest BCUT2D eigenvalue weighted by Gasteiger charge is -2.07. The van der Waals surface area contributed by atoms with Crippen molar-refractivity contribution >= 4 is 52.1 Å². The zero-order valence-electron chi connectivity index (χ0n) is 12.0. The lowest BCUT2D eigenvalue weighted by Crippen LogP contribution is -2.23. The van der Waals surface area contributed by atoms with Gasteiger partial charge in [-0.2, -0.15) is 0 Å². The molecule has 0 aliphatic heterocycles. The molecule has 9 heteroatoms. The smallest absolute Gasteiger partial charge is 0.228 e. The van der Waals surface area contributed by atoms with Crippen LogP contribution in [0.15, 0.2) is 14.1 Å². The molecule has 0 N–H and O–H groups in total. The number of thiazole rings is 1. The maximum atomic E-state index is 11.6. The molecule has 5 nitrogen and oxygen atoms in total. The van der Waals surface area contributed by atoms with Gasteiger partial charge in [-0.05, 0) is 5.75 Å². The minimum atomic E-state index is 0.0777. The molecule has 2 rings (SSSR count). The SMILES string of the molecule is CCSc1nnc(SCc2csc(CC(=O)N(C)C)n2)s1. The van der Waals surface area contributed by atoms with Gasteiger partial charge < -0.3 is 4.90 Å². The second-order valence-electron chi connectivity index (χ2n) is 4.25. The Bertz CT molecular complexity index is 596. The molecule has 0 spiro atoms. The van der Waals surface area contributed by atoms with Crippen LogP contribution in [0.3, 0.4) is 0 Å². The normalized spacial score (nSPS) is 10.8. The number of carbonyl (C=O) groups is 1. The summed E-state index contributed by atoms with van der Waals surface area (Å²) in [6.45, 7) is 2.10. The van der Waals surface area contributed by atoms with E-state index in [1.807, 2.05) is 5.38 Å². The number of nitrogens with zero attached hydrogens (tertiary/aromatic N) is 4. The Balaban J connectivity index is 1.86. The molecule has 0 saturated carbocycles. The number of rotatable bonds is 7. The lowest BCUT2D eigenvalue weighted by molar-refractivity contribution is -0.127. The minimum Gasteiger partial charge on any atom is -0.348 e. The minimum absolute atomic E-state index is 0.0777. The highest BCUT2D eigenvalue weighted by Crippen LogP contribution is 2.30. The summed E-state index contributed by atoms with van der Waals surface area (Å²) < 4.78 is 1.97. The largest absolute Gasteiger partial charge is 0.348 e. The fraction of sp³-hybridized carbons (Fsp3) is 0.500. The number of amides is 1. The summed E-state index contributed by atoms with van der Waals surface area (Å²) in [6, 6.07) is 0. The van der Waals surface area contributed by atoms with E-state index in [0.717, 1.165) is 30.9 Å². The average Bonchev–Trinajstić information content (AvgIpc) is 3.06. The zero-order valence-corrected chi connectivity index (χ0v) is 15.3. The Kier molecular flexibility index (Phi) is 6.46. The van der Waals surface area contributed by atoms with Crippen LogP contribution in [0.2, 0.25) is 0 Å². The van der Waals surface area contributed by atoms with Crippen LogP contribution in [-0.4, -0.2) is 45.8 Å². The number of thioether (sulfide) groups is 2. The number of hydrogen-bond donors (Lipinski definition) is 0. The molecule has 21 heavy (non-hydrogen) atoms. The molecule has 0 saturated heterocycles. The zero-order chi connectivity index (χ0) is 15.2. The van der Waals surface area contributed by atoms with E-state index in [2.05, 4.69) is 22.1 Å². The van der Waals surface area contributed by atoms with E-state index in [1.54, 1.807) is 53.9 Å². The highest BCUT2D eigenvalue weighted by atomic mass is 32.2. The van der Waals surface area contributed by atoms with Crippen LogP contribution >= 0.6 is 46.2 Å². The van der Waals surface area contributed by atoms with Gasteiger partial charge in [-0.1, -0.05) is 41.8 Å². The first-order valence-corrected chi connectivity index (χ1v) is 9.97. The summed E-state index contributed by atoms with van der Waals surface area (Å²) in [5.41, 5.74) is 0.992. The van der Waals surface area contributed by atoms with E-state index in [1.165, 1.54) is 11.3 Å². The van der Waals surface area contributed by atoms with Gasteiger partial charge in [0.2, 0.25) is 5.91 Å². The van der Waals surface area contributed by atoms with E-state index in [0.29, 0.717) is 6.42 Å². The summed E-state index contributed by atoms with van der Waals surface area (Å²) in [5.74, 6) is 1.85. The summed E-state index contributed by atoms with van der Waals surface area (Å²) in [6.07, 6.45) is 0.373. The molecule has 0 bridgehead atoms. The van der Waals surface area contributed by atoms with Gasteiger partial charge >= 0.3 is 0 Å². The summed E-state index contributed by atoms with van der Waals surface area (Å²) >= 11 is 6.50. The number of likely N-dealkylation sites (N-methyl/N-ethyl adjacent to an activating group) is 1. The van der Waals surface area contributed by atoms with Crippen LogP contribution in [0.4, 0.5) is 0 Å². The van der Waals surface area contributed by atoms with Gasteiger partial charge in [0.1, 0.15) is 5.01 Å². The Morgan fingerprint density at radius 1 is 1.29 bits per heavy atom. The predicted octanol–water partition coefficient (Wildman–Crippen LogP) is 3.03. The molecule has 0 fully saturated rings. The third-order valence-electron chi connectivity index (χ3n) is 2.40. The maximum absolute atomic E-state index is 11.6. The van der Waals surface area contributed by atoms with Gasteiger partial charge in [-0.3, -0.25) is 4.79 Å². The van der Waals surface area contributed by atoms with E-state index in [-0.39, 0.29) is 5.91 Å². The van der Waals surface area contributed by atoms with Crippen LogP contribution in [0.1, 0.15) is 17.6 Å². The van der Waals surface area contributed by atoms with Crippen molar-refractivity contribution in [3.63, 3.8) is 0 Å². The third kappa shape index (κ3) is 5.24. The maximum Gasteiger partial charge on any atom is 0.228 e. The topological polar surface area (TPSA) is 59.0 Å². The van der Waals surface area contributed by atoms with Crippen molar-refractivity contribution in [1.82, 2.24) is 20.1 Å². The van der Waals surface area contributed by atoms with Gasteiger partial charge in [-0.15, -0.1) is 21.5 Å². The van der Waals surface area contributed by atoms with E-state index in [4.69, 9.17) is 0 Å². The first-order chi connectivity index (χ1) is 10.1. The van der Waals surface area contributed by atoms with Crippen molar-refractivity contribution < 1.29 is 4.79 Å². The second-order valence-corrected chi connectivity index (χ2v) is 8.91. The van der Waals surface area contributed by atoms with Crippen LogP contribution in [0.25, 0.3) is 0 Å². The monoisotopic (exact) mass is 360 g/mol. The Morgan fingerprint density at radius 2 is 2.00 bits per heavy atom. The lowest BCUT2D eigenvalue weighted by atomic mass is 10.4. The van der Waals surface area contributed by atoms with Gasteiger partial charge in [0.05, 0.1) is 12.1 Å². The van der Waals surface area contributed by atoms with Gasteiger partial charge in [0.25, 0.3) is 0 Å². The number of aromatic nitrogens is 3. The second kappa shape index (κ2) is 8.11. The highest BCUT2D eigenvalue weighted by Gasteiger charge is 2.11. The molecular weight excluding hydrogens is 344 g/mol. The number of carbonyl (C=O) groups excluding carboxylic acids is 1. The molecule has 0 unspecified atom stereocenters. The van der Waals surface area contributed by atoms with E-state index in [9.17, 15) is 4.79 Å². The predicted molar refractivity (Wildman–Crippen MR) is 90.4 cm³/mol. The number of hydrogen-bond acceptors (Lipinski definition) is 8. The Hall–Kier alpha value is -0.640. The Morgan fingerprint density at radius 3 is 2.67 bits per heavy atom. The molecular formula is C12H16N4OS4. The van der Waals surface area contributed by atoms with Crippen molar-refractivity contribution in [2.75, 3.05) is 19.8 Å². The fourth-order valence-corrected chi connectivity index (χ4v) is 5.06. The Labute approximate surface area is 140 Å². The van der Waals surface area contributed by atoms with Crippen LogP contribution in [0, 0.1) is 0 Å². The molecule has 2 aromatic rings. The van der Waals surface area contributed by atoms with Crippen molar-refractivity contribution in [3.8, 4) is 0 Å². The summed E-state index contributed by atoms with van der Waals surface area (Å²) in [7, 11) is 3.52. The molecule has 0 atom stereocenters. The van der Waals surface area contributed by atoms with Gasteiger partial charge in [0, 0.05) is 25.2 Å². The first-order valence-electron chi connectivity index (χ1n) is 6.31. The molecule has 2 heterocycles. The van der Waals surface area contributed by atoms with Crippen LogP contribution < -0.4 is 0 Å². The van der Waals surface area contributed by atoms with E-state index >= 15 is 0 Å². The standard InChI is InChI=1S/C12H16N4OS4/c1-4-18-11-14-15-12(21-11)20-7-8-6-19-9(13-8)5-10(17)16(2)3/h6H,4-5,7H2,1-3H3. The summed E-state index contributed by atoms with van der Waals surface area (Å²) in [4.78, 5) is 17.7. The molecule has 2 aromatic heterocycles. The third-order valence-corrected chi connectivity index (χ3v) is 6.40. The fourth-order valence-electron chi connectivity index (χ4n) is 1.36. The first kappa shape index (κ1) is 16.7. The molecule has 0 aliphatic rings. The van der Waals surface area contributed by atoms with Gasteiger partial charge in [-0.25, -0.2) is 4.98 Å². The molecule has 0 aliphatic carbocycles. The highest BCUT2D eigenvalue weighted by molar-refractivity contribution is 8.02. The van der Waals surface area contributed by atoms with Crippen LogP contribution in [0.5, 0.6) is 0 Å². The molecule has 0 aromatic carbocycles.